The molecule has 6 heteroatoms. The molecule has 0 fully saturated rings. The Balaban J connectivity index is 1.47. The predicted molar refractivity (Wildman–Crippen MR) is 97.9 cm³/mol. The van der Waals surface area contributed by atoms with E-state index in [0.717, 1.165) is 40.4 Å². The van der Waals surface area contributed by atoms with Crippen molar-refractivity contribution >= 4 is 34.4 Å². The van der Waals surface area contributed by atoms with E-state index in [9.17, 15) is 4.79 Å². The summed E-state index contributed by atoms with van der Waals surface area (Å²) in [4.78, 5) is 20.7. The van der Waals surface area contributed by atoms with Gasteiger partial charge in [0.1, 0.15) is 5.82 Å². The van der Waals surface area contributed by atoms with Crippen molar-refractivity contribution in [2.75, 3.05) is 6.54 Å². The number of rotatable bonds is 6. The van der Waals surface area contributed by atoms with E-state index < -0.39 is 0 Å². The molecule has 0 aliphatic rings. The van der Waals surface area contributed by atoms with Crippen LogP contribution in [0.4, 0.5) is 0 Å². The third kappa shape index (κ3) is 3.89. The maximum Gasteiger partial charge on any atom is 0.244 e. The molecule has 1 amide bonds. The summed E-state index contributed by atoms with van der Waals surface area (Å²) in [6, 6.07) is 8.10. The molecule has 124 valence electrons. The third-order valence-electron chi connectivity index (χ3n) is 3.80. The van der Waals surface area contributed by atoms with Gasteiger partial charge in [-0.05, 0) is 31.6 Å². The van der Waals surface area contributed by atoms with E-state index in [0.29, 0.717) is 6.54 Å². The minimum atomic E-state index is -0.0920. The molecule has 3 aromatic rings. The van der Waals surface area contributed by atoms with Gasteiger partial charge in [-0.15, -0.1) is 11.3 Å². The predicted octanol–water partition coefficient (Wildman–Crippen LogP) is 3.10. The first-order valence-electron chi connectivity index (χ1n) is 7.92. The molecule has 0 unspecified atom stereocenters. The fourth-order valence-electron chi connectivity index (χ4n) is 2.55. The number of fused-ring (bicyclic) bond motifs is 1. The Morgan fingerprint density at radius 1 is 1.33 bits per heavy atom. The van der Waals surface area contributed by atoms with Crippen molar-refractivity contribution in [2.24, 2.45) is 7.05 Å². The minimum Gasteiger partial charge on any atom is -0.353 e. The minimum absolute atomic E-state index is 0.0920. The Labute approximate surface area is 145 Å². The SMILES string of the molecule is Cc1nc(/C=C/C(=O)NCCCc2nc3ccccc3n2C)cs1. The van der Waals surface area contributed by atoms with Gasteiger partial charge in [0.15, 0.2) is 0 Å². The van der Waals surface area contributed by atoms with Crippen molar-refractivity contribution in [2.45, 2.75) is 19.8 Å². The summed E-state index contributed by atoms with van der Waals surface area (Å²) in [6.07, 6.45) is 4.96. The number of aryl methyl sites for hydroxylation is 3. The van der Waals surface area contributed by atoms with Gasteiger partial charge in [-0.25, -0.2) is 9.97 Å². The molecule has 3 rings (SSSR count). The molecular formula is C18H20N4OS. The summed E-state index contributed by atoms with van der Waals surface area (Å²) < 4.78 is 2.11. The molecule has 1 aromatic carbocycles. The van der Waals surface area contributed by atoms with Gasteiger partial charge in [-0.2, -0.15) is 0 Å². The van der Waals surface area contributed by atoms with Gasteiger partial charge in [-0.1, -0.05) is 12.1 Å². The number of carbonyl (C=O) groups excluding carboxylic acids is 1. The largest absolute Gasteiger partial charge is 0.353 e. The fraction of sp³-hybridized carbons (Fsp3) is 0.278. The maximum absolute atomic E-state index is 11.8. The molecule has 1 N–H and O–H groups in total. The van der Waals surface area contributed by atoms with Gasteiger partial charge in [-0.3, -0.25) is 4.79 Å². The molecule has 0 saturated heterocycles. The Kier molecular flexibility index (Phi) is 5.05. The Bertz CT molecular complexity index is 878. The Morgan fingerprint density at radius 2 is 2.17 bits per heavy atom. The van der Waals surface area contributed by atoms with Crippen molar-refractivity contribution in [1.82, 2.24) is 19.9 Å². The van der Waals surface area contributed by atoms with E-state index in [1.54, 1.807) is 17.4 Å². The lowest BCUT2D eigenvalue weighted by Crippen LogP contribution is -2.22. The van der Waals surface area contributed by atoms with Gasteiger partial charge >= 0.3 is 0 Å². The van der Waals surface area contributed by atoms with Gasteiger partial charge in [0.05, 0.1) is 21.7 Å². The van der Waals surface area contributed by atoms with E-state index in [1.165, 1.54) is 6.08 Å². The van der Waals surface area contributed by atoms with Crippen molar-refractivity contribution in [3.8, 4) is 0 Å². The van der Waals surface area contributed by atoms with E-state index in [2.05, 4.69) is 25.9 Å². The van der Waals surface area contributed by atoms with E-state index in [-0.39, 0.29) is 5.91 Å². The zero-order valence-electron chi connectivity index (χ0n) is 13.8. The highest BCUT2D eigenvalue weighted by atomic mass is 32.1. The van der Waals surface area contributed by atoms with Gasteiger partial charge in [0.25, 0.3) is 0 Å². The highest BCUT2D eigenvalue weighted by molar-refractivity contribution is 7.09. The normalized spacial score (nSPS) is 11.4. The van der Waals surface area contributed by atoms with Crippen molar-refractivity contribution in [1.29, 1.82) is 0 Å². The first-order chi connectivity index (χ1) is 11.6. The molecule has 0 radical (unpaired) electrons. The number of benzene rings is 1. The number of nitrogens with zero attached hydrogens (tertiary/aromatic N) is 3. The summed E-state index contributed by atoms with van der Waals surface area (Å²) in [5, 5.41) is 5.83. The third-order valence-corrected chi connectivity index (χ3v) is 4.59. The molecule has 5 nitrogen and oxygen atoms in total. The summed E-state index contributed by atoms with van der Waals surface area (Å²) in [6.45, 7) is 2.57. The van der Waals surface area contributed by atoms with Crippen LogP contribution in [0.15, 0.2) is 35.7 Å². The molecule has 24 heavy (non-hydrogen) atoms. The lowest BCUT2D eigenvalue weighted by molar-refractivity contribution is -0.116. The molecule has 2 aromatic heterocycles. The van der Waals surface area contributed by atoms with E-state index in [1.807, 2.05) is 37.6 Å². The highest BCUT2D eigenvalue weighted by Crippen LogP contribution is 2.15. The van der Waals surface area contributed by atoms with Crippen molar-refractivity contribution in [3.05, 3.63) is 52.2 Å². The number of para-hydroxylation sites is 2. The molecule has 2 heterocycles. The summed E-state index contributed by atoms with van der Waals surface area (Å²) in [5.74, 6) is 0.949. The van der Waals surface area contributed by atoms with Crippen LogP contribution in [-0.4, -0.2) is 27.0 Å². The van der Waals surface area contributed by atoms with Crippen molar-refractivity contribution < 1.29 is 4.79 Å². The van der Waals surface area contributed by atoms with Crippen LogP contribution in [-0.2, 0) is 18.3 Å². The van der Waals surface area contributed by atoms with Crippen LogP contribution in [0.5, 0.6) is 0 Å². The monoisotopic (exact) mass is 340 g/mol. The standard InChI is InChI=1S/C18H20N4OS/c1-13-20-14(12-24-13)9-10-18(23)19-11-5-8-17-21-15-6-3-4-7-16(15)22(17)2/h3-4,6-7,9-10,12H,5,8,11H2,1-2H3,(H,19,23)/b10-9+. The number of aromatic nitrogens is 3. The lowest BCUT2D eigenvalue weighted by Gasteiger charge is -2.03. The average molecular weight is 340 g/mol. The number of hydrogen-bond donors (Lipinski definition) is 1. The second-order valence-corrected chi connectivity index (χ2v) is 6.66. The van der Waals surface area contributed by atoms with Crippen molar-refractivity contribution in [3.63, 3.8) is 0 Å². The second-order valence-electron chi connectivity index (χ2n) is 5.60. The topological polar surface area (TPSA) is 59.8 Å². The van der Waals surface area contributed by atoms with Crippen LogP contribution >= 0.6 is 11.3 Å². The lowest BCUT2D eigenvalue weighted by atomic mass is 10.3. The molecule has 0 aliphatic carbocycles. The summed E-state index contributed by atoms with van der Waals surface area (Å²) in [7, 11) is 2.03. The number of thiazole rings is 1. The number of hydrogen-bond acceptors (Lipinski definition) is 4. The Hall–Kier alpha value is -2.47. The maximum atomic E-state index is 11.8. The molecule has 0 saturated carbocycles. The quantitative estimate of drug-likeness (QED) is 0.554. The smallest absolute Gasteiger partial charge is 0.244 e. The zero-order valence-corrected chi connectivity index (χ0v) is 14.6. The first-order valence-corrected chi connectivity index (χ1v) is 8.80. The molecule has 0 bridgehead atoms. The van der Waals surface area contributed by atoms with E-state index in [4.69, 9.17) is 0 Å². The Morgan fingerprint density at radius 3 is 2.92 bits per heavy atom. The average Bonchev–Trinajstić information content (AvgIpc) is 3.14. The number of carbonyl (C=O) groups is 1. The number of imidazole rings is 1. The summed E-state index contributed by atoms with van der Waals surface area (Å²) >= 11 is 1.57. The molecule has 0 atom stereocenters. The summed E-state index contributed by atoms with van der Waals surface area (Å²) in [5.41, 5.74) is 2.98. The van der Waals surface area contributed by atoms with Crippen LogP contribution in [0.25, 0.3) is 17.1 Å². The molecule has 0 spiro atoms. The first kappa shape index (κ1) is 16.4. The van der Waals surface area contributed by atoms with Crippen LogP contribution in [0, 0.1) is 6.92 Å². The van der Waals surface area contributed by atoms with Crippen LogP contribution in [0.2, 0.25) is 0 Å². The van der Waals surface area contributed by atoms with Gasteiger partial charge in [0, 0.05) is 31.5 Å². The van der Waals surface area contributed by atoms with Gasteiger partial charge < -0.3 is 9.88 Å². The number of nitrogens with one attached hydrogen (secondary N) is 1. The molecular weight excluding hydrogens is 320 g/mol. The molecule has 0 aliphatic heterocycles. The fourth-order valence-corrected chi connectivity index (χ4v) is 3.13. The highest BCUT2D eigenvalue weighted by Gasteiger charge is 2.06. The van der Waals surface area contributed by atoms with E-state index >= 15 is 0 Å². The number of amides is 1. The zero-order chi connectivity index (χ0) is 16.9. The van der Waals surface area contributed by atoms with Gasteiger partial charge in [0.2, 0.25) is 5.91 Å². The van der Waals surface area contributed by atoms with Crippen LogP contribution < -0.4 is 5.32 Å². The van der Waals surface area contributed by atoms with Crippen LogP contribution in [0.3, 0.4) is 0 Å². The van der Waals surface area contributed by atoms with Crippen LogP contribution in [0.1, 0.15) is 22.9 Å². The second kappa shape index (κ2) is 7.40.